The summed E-state index contributed by atoms with van der Waals surface area (Å²) in [4.78, 5) is 26.7. The minimum atomic E-state index is -0.867. The molecule has 154 valence electrons. The minimum Gasteiger partial charge on any atom is -0.391 e. The third kappa shape index (κ3) is 4.14. The Bertz CT molecular complexity index is 773. The highest BCUT2D eigenvalue weighted by molar-refractivity contribution is 6.30. The molecule has 28 heavy (non-hydrogen) atoms. The van der Waals surface area contributed by atoms with Crippen LogP contribution >= 0.6 is 11.6 Å². The van der Waals surface area contributed by atoms with Gasteiger partial charge in [-0.1, -0.05) is 25.4 Å². The number of β-amino-alcohol motifs (C(OH)–C–C–N with tert-alkyl or cyclic N) is 1. The SMILES string of the molecule is CC(C)C(=O)N1C[C@H](O)C[C@@H]1C(=O)N[C@@H](c1cc(F)c(Cl)cc1F)C1COC1. The normalized spacial score (nSPS) is 23.6. The van der Waals surface area contributed by atoms with E-state index >= 15 is 0 Å². The third-order valence-electron chi connectivity index (χ3n) is 5.17. The van der Waals surface area contributed by atoms with Gasteiger partial charge in [-0.3, -0.25) is 9.59 Å². The summed E-state index contributed by atoms with van der Waals surface area (Å²) in [5, 5.41) is 12.4. The second-order valence-corrected chi connectivity index (χ2v) is 8.03. The van der Waals surface area contributed by atoms with Crippen LogP contribution in [-0.2, 0) is 14.3 Å². The molecule has 2 heterocycles. The standard InChI is InChI=1S/C19H23ClF2N2O4/c1-9(2)19(27)24-6-11(25)3-16(24)18(26)23-17(10-7-28-8-10)12-4-15(22)13(20)5-14(12)21/h4-5,9-11,16-17,25H,3,6-8H2,1-2H3,(H,23,26)/t11-,16-,17-/m1/s1. The van der Waals surface area contributed by atoms with Crippen molar-refractivity contribution in [1.29, 1.82) is 0 Å². The van der Waals surface area contributed by atoms with Gasteiger partial charge < -0.3 is 20.1 Å². The van der Waals surface area contributed by atoms with E-state index in [9.17, 15) is 23.5 Å². The first-order chi connectivity index (χ1) is 13.2. The average Bonchev–Trinajstić information content (AvgIpc) is 2.97. The highest BCUT2D eigenvalue weighted by atomic mass is 35.5. The summed E-state index contributed by atoms with van der Waals surface area (Å²) >= 11 is 5.63. The number of aliphatic hydroxyl groups excluding tert-OH is 1. The number of ether oxygens (including phenoxy) is 1. The lowest BCUT2D eigenvalue weighted by Crippen LogP contribution is -2.51. The fourth-order valence-electron chi connectivity index (χ4n) is 3.56. The van der Waals surface area contributed by atoms with E-state index in [1.807, 2.05) is 0 Å². The number of hydrogen-bond donors (Lipinski definition) is 2. The number of likely N-dealkylation sites (tertiary alicyclic amines) is 1. The Hall–Kier alpha value is -1.77. The van der Waals surface area contributed by atoms with E-state index in [4.69, 9.17) is 16.3 Å². The summed E-state index contributed by atoms with van der Waals surface area (Å²) in [5.74, 6) is -2.85. The number of nitrogens with zero attached hydrogens (tertiary/aromatic N) is 1. The van der Waals surface area contributed by atoms with Crippen LogP contribution in [0.25, 0.3) is 0 Å². The van der Waals surface area contributed by atoms with Crippen LogP contribution < -0.4 is 5.32 Å². The second-order valence-electron chi connectivity index (χ2n) is 7.62. The molecule has 0 bridgehead atoms. The Morgan fingerprint density at radius 3 is 2.54 bits per heavy atom. The molecule has 9 heteroatoms. The lowest BCUT2D eigenvalue weighted by Gasteiger charge is -2.36. The van der Waals surface area contributed by atoms with E-state index in [0.717, 1.165) is 12.1 Å². The number of hydrogen-bond acceptors (Lipinski definition) is 4. The van der Waals surface area contributed by atoms with Gasteiger partial charge in [0.1, 0.15) is 17.7 Å². The zero-order valence-corrected chi connectivity index (χ0v) is 16.4. The van der Waals surface area contributed by atoms with Crippen molar-refractivity contribution in [3.63, 3.8) is 0 Å². The van der Waals surface area contributed by atoms with Crippen LogP contribution in [0.1, 0.15) is 31.9 Å². The van der Waals surface area contributed by atoms with E-state index < -0.39 is 35.7 Å². The molecule has 1 aromatic rings. The number of aliphatic hydroxyl groups is 1. The van der Waals surface area contributed by atoms with Gasteiger partial charge in [-0.05, 0) is 12.1 Å². The van der Waals surface area contributed by atoms with Crippen LogP contribution in [0.3, 0.4) is 0 Å². The molecule has 6 nitrogen and oxygen atoms in total. The lowest BCUT2D eigenvalue weighted by atomic mass is 9.90. The molecule has 2 fully saturated rings. The predicted molar refractivity (Wildman–Crippen MR) is 97.5 cm³/mol. The van der Waals surface area contributed by atoms with Crippen molar-refractivity contribution in [3.05, 3.63) is 34.4 Å². The maximum Gasteiger partial charge on any atom is 0.243 e. The van der Waals surface area contributed by atoms with Gasteiger partial charge in [0.05, 0.1) is 30.4 Å². The van der Waals surface area contributed by atoms with Crippen LogP contribution in [0.4, 0.5) is 8.78 Å². The summed E-state index contributed by atoms with van der Waals surface area (Å²) in [6.07, 6.45) is -0.719. The summed E-state index contributed by atoms with van der Waals surface area (Å²) in [5.41, 5.74) is -0.0242. The van der Waals surface area contributed by atoms with Crippen molar-refractivity contribution in [1.82, 2.24) is 10.2 Å². The lowest BCUT2D eigenvalue weighted by molar-refractivity contribution is -0.142. The molecule has 3 atom stereocenters. The predicted octanol–water partition coefficient (Wildman–Crippen LogP) is 2.04. The smallest absolute Gasteiger partial charge is 0.243 e. The van der Waals surface area contributed by atoms with Crippen molar-refractivity contribution in [3.8, 4) is 0 Å². The number of carbonyl (C=O) groups is 2. The number of benzene rings is 1. The molecule has 0 aliphatic carbocycles. The van der Waals surface area contributed by atoms with E-state index in [-0.39, 0.29) is 54.5 Å². The van der Waals surface area contributed by atoms with Crippen molar-refractivity contribution >= 4 is 23.4 Å². The van der Waals surface area contributed by atoms with Crippen molar-refractivity contribution in [2.24, 2.45) is 11.8 Å². The first kappa shape index (κ1) is 21.0. The third-order valence-corrected chi connectivity index (χ3v) is 5.46. The molecule has 2 aliphatic heterocycles. The van der Waals surface area contributed by atoms with Crippen LogP contribution in [0, 0.1) is 23.5 Å². The van der Waals surface area contributed by atoms with Crippen molar-refractivity contribution < 1.29 is 28.2 Å². The highest BCUT2D eigenvalue weighted by Crippen LogP contribution is 2.33. The van der Waals surface area contributed by atoms with Crippen LogP contribution in [-0.4, -0.2) is 53.7 Å². The summed E-state index contributed by atoms with van der Waals surface area (Å²) in [6, 6.07) is 0.149. The second kappa shape index (κ2) is 8.31. The molecule has 0 unspecified atom stereocenters. The van der Waals surface area contributed by atoms with Gasteiger partial charge >= 0.3 is 0 Å². The van der Waals surface area contributed by atoms with E-state index in [1.54, 1.807) is 13.8 Å². The van der Waals surface area contributed by atoms with Gasteiger partial charge in [0.15, 0.2) is 0 Å². The van der Waals surface area contributed by atoms with E-state index in [2.05, 4.69) is 5.32 Å². The topological polar surface area (TPSA) is 78.9 Å². The van der Waals surface area contributed by atoms with E-state index in [1.165, 1.54) is 4.90 Å². The number of carbonyl (C=O) groups excluding carboxylic acids is 2. The van der Waals surface area contributed by atoms with Crippen molar-refractivity contribution in [2.45, 2.75) is 38.5 Å². The maximum atomic E-state index is 14.5. The van der Waals surface area contributed by atoms with Crippen LogP contribution in [0.15, 0.2) is 12.1 Å². The van der Waals surface area contributed by atoms with Gasteiger partial charge in [0.2, 0.25) is 11.8 Å². The molecule has 2 aliphatic rings. The molecule has 1 aromatic carbocycles. The monoisotopic (exact) mass is 416 g/mol. The Labute approximate surface area is 166 Å². The minimum absolute atomic E-state index is 0.0242. The fraction of sp³-hybridized carbons (Fsp3) is 0.579. The molecule has 0 saturated carbocycles. The Morgan fingerprint density at radius 1 is 1.29 bits per heavy atom. The van der Waals surface area contributed by atoms with Gasteiger partial charge in [-0.2, -0.15) is 0 Å². The first-order valence-corrected chi connectivity index (χ1v) is 9.58. The molecule has 2 saturated heterocycles. The maximum absolute atomic E-state index is 14.5. The molecular formula is C19H23ClF2N2O4. The van der Waals surface area contributed by atoms with Crippen LogP contribution in [0.2, 0.25) is 5.02 Å². The highest BCUT2D eigenvalue weighted by Gasteiger charge is 2.42. The largest absolute Gasteiger partial charge is 0.391 e. The zero-order chi connectivity index (χ0) is 20.6. The molecule has 2 N–H and O–H groups in total. The molecule has 0 spiro atoms. The quantitative estimate of drug-likeness (QED) is 0.720. The molecule has 2 amide bonds. The number of rotatable bonds is 5. The summed E-state index contributed by atoms with van der Waals surface area (Å²) < 4.78 is 33.5. The van der Waals surface area contributed by atoms with Gasteiger partial charge in [-0.25, -0.2) is 8.78 Å². The van der Waals surface area contributed by atoms with Crippen LogP contribution in [0.5, 0.6) is 0 Å². The zero-order valence-electron chi connectivity index (χ0n) is 15.6. The summed E-state index contributed by atoms with van der Waals surface area (Å²) in [7, 11) is 0. The number of halogens is 3. The van der Waals surface area contributed by atoms with E-state index in [0.29, 0.717) is 0 Å². The summed E-state index contributed by atoms with van der Waals surface area (Å²) in [6.45, 7) is 4.06. The van der Waals surface area contributed by atoms with Gasteiger partial charge in [0, 0.05) is 30.4 Å². The number of nitrogens with one attached hydrogen (secondary N) is 1. The van der Waals surface area contributed by atoms with Gasteiger partial charge in [0.25, 0.3) is 0 Å². The fourth-order valence-corrected chi connectivity index (χ4v) is 3.71. The Balaban J connectivity index is 1.84. The molecule has 0 aromatic heterocycles. The molecular weight excluding hydrogens is 394 g/mol. The first-order valence-electron chi connectivity index (χ1n) is 9.20. The average molecular weight is 417 g/mol. The van der Waals surface area contributed by atoms with Gasteiger partial charge in [-0.15, -0.1) is 0 Å². The number of amides is 2. The van der Waals surface area contributed by atoms with Crippen molar-refractivity contribution in [2.75, 3.05) is 19.8 Å². The molecule has 3 rings (SSSR count). The molecule has 0 radical (unpaired) electrons. The Morgan fingerprint density at radius 2 is 1.96 bits per heavy atom. The Kier molecular flexibility index (Phi) is 6.21.